The smallest absolute Gasteiger partial charge is 0.318 e. The van der Waals surface area contributed by atoms with Gasteiger partial charge in [-0.15, -0.1) is 0 Å². The van der Waals surface area contributed by atoms with Crippen molar-refractivity contribution in [3.8, 4) is 0 Å². The van der Waals surface area contributed by atoms with E-state index in [1.165, 1.54) is 12.1 Å². The van der Waals surface area contributed by atoms with E-state index in [1.807, 2.05) is 4.90 Å². The monoisotopic (exact) mass is 388 g/mol. The maximum Gasteiger partial charge on any atom is 0.318 e. The second-order valence-corrected chi connectivity index (χ2v) is 7.46. The highest BCUT2D eigenvalue weighted by Crippen LogP contribution is 2.31. The molecule has 1 atom stereocenters. The van der Waals surface area contributed by atoms with E-state index in [2.05, 4.69) is 20.8 Å². The summed E-state index contributed by atoms with van der Waals surface area (Å²) >= 11 is 0. The van der Waals surface area contributed by atoms with Gasteiger partial charge in [-0.2, -0.15) is 5.10 Å². The summed E-state index contributed by atoms with van der Waals surface area (Å²) in [4.78, 5) is 28.6. The van der Waals surface area contributed by atoms with Crippen molar-refractivity contribution in [2.24, 2.45) is 0 Å². The standard InChI is InChI=1S/C19H25FN6O2/c1-21-18(27)25-8-2-3-14(11-25)26(13-5-6-13)19(28)22-10-17-15-9-12(20)4-7-16(15)23-24-17/h4,7,9,13-14H,2-3,5-6,8,10-11H2,1H3,(H,21,27)(H,22,28)(H,23,24)/t14-/m1/s1. The maximum absolute atomic E-state index is 13.5. The molecule has 2 aliphatic rings. The van der Waals surface area contributed by atoms with Gasteiger partial charge in [0.15, 0.2) is 0 Å². The largest absolute Gasteiger partial charge is 0.341 e. The number of carbonyl (C=O) groups excluding carboxylic acids is 2. The number of fused-ring (bicyclic) bond motifs is 1. The molecule has 150 valence electrons. The molecule has 1 aliphatic heterocycles. The Balaban J connectivity index is 1.44. The Labute approximate surface area is 162 Å². The number of rotatable bonds is 4. The van der Waals surface area contributed by atoms with Crippen LogP contribution in [0.15, 0.2) is 18.2 Å². The van der Waals surface area contributed by atoms with Crippen LogP contribution in [0.25, 0.3) is 10.9 Å². The second kappa shape index (κ2) is 7.65. The zero-order valence-corrected chi connectivity index (χ0v) is 15.9. The molecule has 28 heavy (non-hydrogen) atoms. The number of likely N-dealkylation sites (tertiary alicyclic amines) is 1. The van der Waals surface area contributed by atoms with E-state index < -0.39 is 0 Å². The van der Waals surface area contributed by atoms with E-state index in [4.69, 9.17) is 0 Å². The average molecular weight is 388 g/mol. The normalized spacial score (nSPS) is 19.5. The van der Waals surface area contributed by atoms with Crippen molar-refractivity contribution in [2.75, 3.05) is 20.1 Å². The molecule has 4 amide bonds. The number of hydrogen-bond acceptors (Lipinski definition) is 3. The summed E-state index contributed by atoms with van der Waals surface area (Å²) in [6.07, 6.45) is 3.73. The average Bonchev–Trinajstić information content (AvgIpc) is 3.46. The molecule has 1 saturated carbocycles. The third-order valence-electron chi connectivity index (χ3n) is 5.48. The lowest BCUT2D eigenvalue weighted by Gasteiger charge is -2.39. The molecular weight excluding hydrogens is 363 g/mol. The van der Waals surface area contributed by atoms with Gasteiger partial charge in [0.25, 0.3) is 0 Å². The van der Waals surface area contributed by atoms with Crippen molar-refractivity contribution < 1.29 is 14.0 Å². The SMILES string of the molecule is CNC(=O)N1CCC[C@@H](N(C(=O)NCc2[nH]nc3ccc(F)cc23)C2CC2)C1. The molecule has 3 N–H and O–H groups in total. The maximum atomic E-state index is 13.5. The van der Waals surface area contributed by atoms with Gasteiger partial charge in [-0.25, -0.2) is 14.0 Å². The summed E-state index contributed by atoms with van der Waals surface area (Å²) in [6.45, 7) is 1.50. The van der Waals surface area contributed by atoms with Crippen molar-refractivity contribution >= 4 is 23.0 Å². The topological polar surface area (TPSA) is 93.4 Å². The first-order valence-electron chi connectivity index (χ1n) is 9.72. The van der Waals surface area contributed by atoms with E-state index in [0.717, 1.165) is 25.7 Å². The van der Waals surface area contributed by atoms with Crippen molar-refractivity contribution in [2.45, 2.75) is 44.3 Å². The molecule has 1 aliphatic carbocycles. The molecule has 8 nitrogen and oxygen atoms in total. The first kappa shape index (κ1) is 18.5. The highest BCUT2D eigenvalue weighted by Gasteiger charge is 2.39. The molecule has 4 rings (SSSR count). The van der Waals surface area contributed by atoms with Crippen molar-refractivity contribution in [3.63, 3.8) is 0 Å². The molecule has 9 heteroatoms. The zero-order valence-electron chi connectivity index (χ0n) is 15.9. The minimum atomic E-state index is -0.336. The summed E-state index contributed by atoms with van der Waals surface area (Å²) in [5, 5.41) is 13.3. The van der Waals surface area contributed by atoms with Crippen molar-refractivity contribution in [3.05, 3.63) is 29.7 Å². The van der Waals surface area contributed by atoms with E-state index >= 15 is 0 Å². The van der Waals surface area contributed by atoms with Crippen LogP contribution in [0.4, 0.5) is 14.0 Å². The van der Waals surface area contributed by atoms with Gasteiger partial charge in [0, 0.05) is 31.6 Å². The second-order valence-electron chi connectivity index (χ2n) is 7.46. The van der Waals surface area contributed by atoms with Crippen LogP contribution in [0.2, 0.25) is 0 Å². The van der Waals surface area contributed by atoms with Crippen LogP contribution in [0, 0.1) is 5.82 Å². The van der Waals surface area contributed by atoms with Crippen molar-refractivity contribution in [1.29, 1.82) is 0 Å². The van der Waals surface area contributed by atoms with E-state index in [9.17, 15) is 14.0 Å². The Bertz CT molecular complexity index is 880. The Morgan fingerprint density at radius 1 is 1.32 bits per heavy atom. The Hall–Kier alpha value is -2.84. The van der Waals surface area contributed by atoms with Crippen LogP contribution in [-0.4, -0.2) is 64.3 Å². The van der Waals surface area contributed by atoms with Crippen LogP contribution in [-0.2, 0) is 6.54 Å². The molecule has 0 bridgehead atoms. The fourth-order valence-electron chi connectivity index (χ4n) is 3.93. The minimum absolute atomic E-state index is 0.00880. The fraction of sp³-hybridized carbons (Fsp3) is 0.526. The third-order valence-corrected chi connectivity index (χ3v) is 5.48. The number of aromatic nitrogens is 2. The van der Waals surface area contributed by atoms with E-state index in [1.54, 1.807) is 18.0 Å². The number of piperidine rings is 1. The molecule has 2 aromatic rings. The number of aromatic amines is 1. The van der Waals surface area contributed by atoms with Gasteiger partial charge in [-0.3, -0.25) is 5.10 Å². The molecular formula is C19H25FN6O2. The zero-order chi connectivity index (χ0) is 19.7. The van der Waals surface area contributed by atoms with Gasteiger partial charge in [0.1, 0.15) is 5.82 Å². The van der Waals surface area contributed by atoms with E-state index in [-0.39, 0.29) is 36.5 Å². The number of hydrogen-bond donors (Lipinski definition) is 3. The van der Waals surface area contributed by atoms with Crippen LogP contribution in [0.1, 0.15) is 31.4 Å². The number of nitrogens with one attached hydrogen (secondary N) is 3. The summed E-state index contributed by atoms with van der Waals surface area (Å²) in [6, 6.07) is 4.37. The highest BCUT2D eigenvalue weighted by atomic mass is 19.1. The number of H-pyrrole nitrogens is 1. The Kier molecular flexibility index (Phi) is 5.06. The lowest BCUT2D eigenvalue weighted by molar-refractivity contribution is 0.116. The number of nitrogens with zero attached hydrogens (tertiary/aromatic N) is 3. The quantitative estimate of drug-likeness (QED) is 0.749. The highest BCUT2D eigenvalue weighted by molar-refractivity contribution is 5.82. The number of benzene rings is 1. The van der Waals surface area contributed by atoms with Crippen LogP contribution in [0.5, 0.6) is 0 Å². The van der Waals surface area contributed by atoms with Gasteiger partial charge in [-0.05, 0) is 43.9 Å². The number of amides is 4. The first-order valence-corrected chi connectivity index (χ1v) is 9.72. The fourth-order valence-corrected chi connectivity index (χ4v) is 3.93. The van der Waals surface area contributed by atoms with Gasteiger partial charge >= 0.3 is 12.1 Å². The predicted molar refractivity (Wildman–Crippen MR) is 102 cm³/mol. The summed E-state index contributed by atoms with van der Waals surface area (Å²) in [5.74, 6) is -0.336. The molecule has 0 radical (unpaired) electrons. The Morgan fingerprint density at radius 3 is 2.89 bits per heavy atom. The van der Waals surface area contributed by atoms with Crippen molar-refractivity contribution in [1.82, 2.24) is 30.6 Å². The van der Waals surface area contributed by atoms with Gasteiger partial charge < -0.3 is 20.4 Å². The number of carbonyl (C=O) groups is 2. The molecule has 2 heterocycles. The molecule has 1 saturated heterocycles. The number of urea groups is 2. The summed E-state index contributed by atoms with van der Waals surface area (Å²) in [7, 11) is 1.62. The van der Waals surface area contributed by atoms with Gasteiger partial charge in [-0.1, -0.05) is 0 Å². The lowest BCUT2D eigenvalue weighted by Crippen LogP contribution is -2.56. The third kappa shape index (κ3) is 3.74. The van der Waals surface area contributed by atoms with E-state index in [0.29, 0.717) is 29.7 Å². The summed E-state index contributed by atoms with van der Waals surface area (Å²) in [5.41, 5.74) is 1.34. The van der Waals surface area contributed by atoms with Crippen LogP contribution in [0.3, 0.4) is 0 Å². The van der Waals surface area contributed by atoms with Crippen LogP contribution >= 0.6 is 0 Å². The van der Waals surface area contributed by atoms with Crippen LogP contribution < -0.4 is 10.6 Å². The van der Waals surface area contributed by atoms with Gasteiger partial charge in [0.2, 0.25) is 0 Å². The minimum Gasteiger partial charge on any atom is -0.341 e. The molecule has 1 aromatic heterocycles. The predicted octanol–water partition coefficient (Wildman–Crippen LogP) is 2.18. The molecule has 1 aromatic carbocycles. The molecule has 2 fully saturated rings. The molecule has 0 spiro atoms. The summed E-state index contributed by atoms with van der Waals surface area (Å²) < 4.78 is 13.5. The Morgan fingerprint density at radius 2 is 2.14 bits per heavy atom. The van der Waals surface area contributed by atoms with Gasteiger partial charge in [0.05, 0.1) is 23.8 Å². The molecule has 0 unspecified atom stereocenters. The first-order chi connectivity index (χ1) is 13.6. The lowest BCUT2D eigenvalue weighted by atomic mass is 10.0. The number of halogens is 1.